The summed E-state index contributed by atoms with van der Waals surface area (Å²) in [4.78, 5) is 13.4. The Kier molecular flexibility index (Phi) is 5.15. The molecule has 1 aromatic carbocycles. The van der Waals surface area contributed by atoms with E-state index in [1.807, 2.05) is 0 Å². The van der Waals surface area contributed by atoms with Crippen LogP contribution in [0.3, 0.4) is 0 Å². The third-order valence-corrected chi connectivity index (χ3v) is 5.01. The highest BCUT2D eigenvalue weighted by molar-refractivity contribution is 7.17. The van der Waals surface area contributed by atoms with E-state index >= 15 is 0 Å². The Labute approximate surface area is 142 Å². The fourth-order valence-corrected chi connectivity index (χ4v) is 3.61. The lowest BCUT2D eigenvalue weighted by Crippen LogP contribution is -2.11. The van der Waals surface area contributed by atoms with Gasteiger partial charge in [0, 0.05) is 10.4 Å². The van der Waals surface area contributed by atoms with Crippen LogP contribution in [0.15, 0.2) is 24.3 Å². The minimum absolute atomic E-state index is 0.101. The van der Waals surface area contributed by atoms with E-state index in [9.17, 15) is 4.79 Å². The maximum absolute atomic E-state index is 12.3. The standard InChI is InChI=1S/C19H25NO2S/c1-6-14-15(16(17(20)23-14)18(21)22-7-2)12-8-10-13(11-9-12)19(3,4)5/h8-11H,6-7,20H2,1-5H3. The number of hydrogen-bond donors (Lipinski definition) is 1. The molecule has 0 saturated carbocycles. The van der Waals surface area contributed by atoms with Gasteiger partial charge < -0.3 is 10.5 Å². The largest absolute Gasteiger partial charge is 0.462 e. The smallest absolute Gasteiger partial charge is 0.341 e. The first-order valence-electron chi connectivity index (χ1n) is 7.98. The van der Waals surface area contributed by atoms with Crippen molar-refractivity contribution in [3.63, 3.8) is 0 Å². The molecule has 0 aliphatic carbocycles. The van der Waals surface area contributed by atoms with Gasteiger partial charge in [-0.3, -0.25) is 0 Å². The van der Waals surface area contributed by atoms with Gasteiger partial charge >= 0.3 is 5.97 Å². The summed E-state index contributed by atoms with van der Waals surface area (Å²) >= 11 is 1.48. The number of anilines is 1. The number of hydrogen-bond acceptors (Lipinski definition) is 4. The molecule has 0 unspecified atom stereocenters. The van der Waals surface area contributed by atoms with Crippen LogP contribution in [0.25, 0.3) is 11.1 Å². The Morgan fingerprint density at radius 1 is 1.17 bits per heavy atom. The zero-order valence-electron chi connectivity index (χ0n) is 14.5. The minimum Gasteiger partial charge on any atom is -0.462 e. The maximum atomic E-state index is 12.3. The monoisotopic (exact) mass is 331 g/mol. The van der Waals surface area contributed by atoms with Crippen LogP contribution in [0.2, 0.25) is 0 Å². The van der Waals surface area contributed by atoms with Crippen molar-refractivity contribution in [2.45, 2.75) is 46.5 Å². The van der Waals surface area contributed by atoms with Crippen molar-refractivity contribution in [2.24, 2.45) is 0 Å². The number of carbonyl (C=O) groups is 1. The van der Waals surface area contributed by atoms with Crippen molar-refractivity contribution in [3.8, 4) is 11.1 Å². The lowest BCUT2D eigenvalue weighted by Gasteiger charge is -2.19. The molecule has 3 nitrogen and oxygen atoms in total. The van der Waals surface area contributed by atoms with E-state index in [4.69, 9.17) is 10.5 Å². The van der Waals surface area contributed by atoms with E-state index in [2.05, 4.69) is 52.0 Å². The van der Waals surface area contributed by atoms with Gasteiger partial charge in [-0.1, -0.05) is 52.0 Å². The molecule has 0 radical (unpaired) electrons. The van der Waals surface area contributed by atoms with Gasteiger partial charge in [-0.05, 0) is 29.9 Å². The highest BCUT2D eigenvalue weighted by Gasteiger charge is 2.24. The molecular formula is C19H25NO2S. The normalized spacial score (nSPS) is 11.5. The molecule has 124 valence electrons. The number of nitrogens with two attached hydrogens (primary N) is 1. The van der Waals surface area contributed by atoms with Crippen LogP contribution in [-0.4, -0.2) is 12.6 Å². The van der Waals surface area contributed by atoms with Gasteiger partial charge in [0.2, 0.25) is 0 Å². The second kappa shape index (κ2) is 6.75. The number of rotatable bonds is 4. The fourth-order valence-electron chi connectivity index (χ4n) is 2.59. The third kappa shape index (κ3) is 3.58. The van der Waals surface area contributed by atoms with Crippen molar-refractivity contribution in [3.05, 3.63) is 40.3 Å². The molecule has 1 heterocycles. The summed E-state index contributed by atoms with van der Waals surface area (Å²) in [5.41, 5.74) is 9.92. The van der Waals surface area contributed by atoms with Gasteiger partial charge in [0.1, 0.15) is 10.6 Å². The number of ether oxygens (including phenoxy) is 1. The number of nitrogen functional groups attached to an aromatic ring is 1. The minimum atomic E-state index is -0.337. The van der Waals surface area contributed by atoms with Crippen molar-refractivity contribution < 1.29 is 9.53 Å². The van der Waals surface area contributed by atoms with Gasteiger partial charge in [-0.2, -0.15) is 0 Å². The quantitative estimate of drug-likeness (QED) is 0.799. The molecule has 0 atom stereocenters. The molecule has 23 heavy (non-hydrogen) atoms. The number of esters is 1. The number of carbonyl (C=O) groups excluding carboxylic acids is 1. The molecule has 2 rings (SSSR count). The van der Waals surface area contributed by atoms with E-state index in [-0.39, 0.29) is 11.4 Å². The van der Waals surface area contributed by atoms with E-state index in [1.165, 1.54) is 16.9 Å². The highest BCUT2D eigenvalue weighted by Crippen LogP contribution is 2.40. The van der Waals surface area contributed by atoms with E-state index < -0.39 is 0 Å². The molecule has 2 aromatic rings. The Balaban J connectivity index is 2.55. The second-order valence-corrected chi connectivity index (χ2v) is 7.68. The predicted molar refractivity (Wildman–Crippen MR) is 98.2 cm³/mol. The van der Waals surface area contributed by atoms with Crippen LogP contribution in [-0.2, 0) is 16.6 Å². The van der Waals surface area contributed by atoms with Crippen molar-refractivity contribution in [1.29, 1.82) is 0 Å². The summed E-state index contributed by atoms with van der Waals surface area (Å²) in [7, 11) is 0. The molecular weight excluding hydrogens is 306 g/mol. The molecule has 0 bridgehead atoms. The molecule has 0 spiro atoms. The number of aryl methyl sites for hydroxylation is 1. The molecule has 0 amide bonds. The average molecular weight is 331 g/mol. The summed E-state index contributed by atoms with van der Waals surface area (Å²) in [6.45, 7) is 10.8. The van der Waals surface area contributed by atoms with E-state index in [0.29, 0.717) is 17.2 Å². The Morgan fingerprint density at radius 2 is 1.78 bits per heavy atom. The van der Waals surface area contributed by atoms with Crippen molar-refractivity contribution in [1.82, 2.24) is 0 Å². The van der Waals surface area contributed by atoms with Crippen molar-refractivity contribution in [2.75, 3.05) is 12.3 Å². The molecule has 0 saturated heterocycles. The third-order valence-electron chi connectivity index (χ3n) is 3.85. The topological polar surface area (TPSA) is 52.3 Å². The van der Waals surface area contributed by atoms with Crippen LogP contribution in [0.4, 0.5) is 5.00 Å². The predicted octanol–water partition coefficient (Wildman–Crippen LogP) is 5.03. The number of benzene rings is 1. The zero-order valence-corrected chi connectivity index (χ0v) is 15.3. The molecule has 4 heteroatoms. The Bertz CT molecular complexity index is 693. The summed E-state index contributed by atoms with van der Waals surface area (Å²) < 4.78 is 5.19. The lowest BCUT2D eigenvalue weighted by atomic mass is 9.86. The van der Waals surface area contributed by atoms with Gasteiger partial charge in [0.15, 0.2) is 0 Å². The fraction of sp³-hybridized carbons (Fsp3) is 0.421. The lowest BCUT2D eigenvalue weighted by molar-refractivity contribution is 0.0529. The Morgan fingerprint density at radius 3 is 2.26 bits per heavy atom. The van der Waals surface area contributed by atoms with Crippen LogP contribution in [0.5, 0.6) is 0 Å². The van der Waals surface area contributed by atoms with E-state index in [0.717, 1.165) is 22.4 Å². The molecule has 1 aromatic heterocycles. The zero-order chi connectivity index (χ0) is 17.2. The SMILES string of the molecule is CCOC(=O)c1c(N)sc(CC)c1-c1ccc(C(C)(C)C)cc1. The first-order chi connectivity index (χ1) is 10.8. The first-order valence-corrected chi connectivity index (χ1v) is 8.80. The second-order valence-electron chi connectivity index (χ2n) is 6.54. The van der Waals surface area contributed by atoms with Crippen LogP contribution < -0.4 is 5.73 Å². The van der Waals surface area contributed by atoms with Gasteiger partial charge in [0.05, 0.1) is 6.61 Å². The highest BCUT2D eigenvalue weighted by atomic mass is 32.1. The van der Waals surface area contributed by atoms with Gasteiger partial charge in [0.25, 0.3) is 0 Å². The van der Waals surface area contributed by atoms with Crippen molar-refractivity contribution >= 4 is 22.3 Å². The van der Waals surface area contributed by atoms with Crippen LogP contribution in [0.1, 0.15) is 55.4 Å². The Hall–Kier alpha value is -1.81. The average Bonchev–Trinajstić information content (AvgIpc) is 2.83. The molecule has 0 aliphatic heterocycles. The van der Waals surface area contributed by atoms with E-state index in [1.54, 1.807) is 6.92 Å². The molecule has 0 fully saturated rings. The van der Waals surface area contributed by atoms with Gasteiger partial charge in [-0.25, -0.2) is 4.79 Å². The summed E-state index contributed by atoms with van der Waals surface area (Å²) in [6.07, 6.45) is 0.838. The molecule has 0 aliphatic rings. The maximum Gasteiger partial charge on any atom is 0.341 e. The van der Waals surface area contributed by atoms with Gasteiger partial charge in [-0.15, -0.1) is 11.3 Å². The summed E-state index contributed by atoms with van der Waals surface area (Å²) in [5.74, 6) is -0.337. The summed E-state index contributed by atoms with van der Waals surface area (Å²) in [6, 6.07) is 8.39. The summed E-state index contributed by atoms with van der Waals surface area (Å²) in [5, 5.41) is 0.537. The van der Waals surface area contributed by atoms with Crippen LogP contribution in [0, 0.1) is 0 Å². The molecule has 2 N–H and O–H groups in total. The first kappa shape index (κ1) is 17.5. The number of thiophene rings is 1. The van der Waals surface area contributed by atoms with Crippen LogP contribution >= 0.6 is 11.3 Å².